The van der Waals surface area contributed by atoms with Crippen molar-refractivity contribution in [1.29, 1.82) is 0 Å². The van der Waals surface area contributed by atoms with E-state index in [2.05, 4.69) is 31.0 Å². The highest BCUT2D eigenvalue weighted by Crippen LogP contribution is 2.39. The Hall–Kier alpha value is -1.06. The standard InChI is InChI=1S/C17H28N2O/c1-12(2)20-16-7-5-14(6-8-16)17(10-18)19(4)11-15-9-13(15)3/h5-8,12-13,15,17H,9-11,18H2,1-4H3. The van der Waals surface area contributed by atoms with Gasteiger partial charge in [0.2, 0.25) is 0 Å². The van der Waals surface area contributed by atoms with E-state index in [-0.39, 0.29) is 6.10 Å². The maximum absolute atomic E-state index is 5.98. The van der Waals surface area contributed by atoms with Gasteiger partial charge in [-0.2, -0.15) is 0 Å². The van der Waals surface area contributed by atoms with Crippen molar-refractivity contribution in [1.82, 2.24) is 4.90 Å². The highest BCUT2D eigenvalue weighted by molar-refractivity contribution is 5.29. The van der Waals surface area contributed by atoms with Crippen molar-refractivity contribution in [3.8, 4) is 5.75 Å². The molecule has 3 heteroatoms. The summed E-state index contributed by atoms with van der Waals surface area (Å²) in [6.45, 7) is 8.21. The van der Waals surface area contributed by atoms with Crippen LogP contribution < -0.4 is 10.5 Å². The van der Waals surface area contributed by atoms with Crippen LogP contribution in [0.3, 0.4) is 0 Å². The minimum Gasteiger partial charge on any atom is -0.491 e. The molecule has 1 fully saturated rings. The van der Waals surface area contributed by atoms with Gasteiger partial charge in [0.05, 0.1) is 6.10 Å². The highest BCUT2D eigenvalue weighted by Gasteiger charge is 2.34. The maximum Gasteiger partial charge on any atom is 0.119 e. The Morgan fingerprint density at radius 1 is 1.30 bits per heavy atom. The quantitative estimate of drug-likeness (QED) is 0.832. The molecule has 112 valence electrons. The monoisotopic (exact) mass is 276 g/mol. The summed E-state index contributed by atoms with van der Waals surface area (Å²) < 4.78 is 5.69. The van der Waals surface area contributed by atoms with Crippen molar-refractivity contribution in [3.05, 3.63) is 29.8 Å². The summed E-state index contributed by atoms with van der Waals surface area (Å²) in [6, 6.07) is 8.68. The van der Waals surface area contributed by atoms with Gasteiger partial charge in [-0.15, -0.1) is 0 Å². The Morgan fingerprint density at radius 2 is 1.90 bits per heavy atom. The third-order valence-electron chi connectivity index (χ3n) is 4.19. The van der Waals surface area contributed by atoms with Crippen LogP contribution in [0.2, 0.25) is 0 Å². The molecule has 1 aliphatic rings. The largest absolute Gasteiger partial charge is 0.491 e. The molecule has 1 saturated carbocycles. The van der Waals surface area contributed by atoms with Gasteiger partial charge in [0.1, 0.15) is 5.75 Å². The molecule has 20 heavy (non-hydrogen) atoms. The first-order valence-electron chi connectivity index (χ1n) is 7.68. The van der Waals surface area contributed by atoms with Gasteiger partial charge < -0.3 is 10.5 Å². The van der Waals surface area contributed by atoms with Gasteiger partial charge >= 0.3 is 0 Å². The molecule has 0 saturated heterocycles. The number of hydrogen-bond donors (Lipinski definition) is 1. The van der Waals surface area contributed by atoms with Gasteiger partial charge in [0, 0.05) is 19.1 Å². The van der Waals surface area contributed by atoms with E-state index in [0.29, 0.717) is 12.6 Å². The van der Waals surface area contributed by atoms with Crippen molar-refractivity contribution < 1.29 is 4.74 Å². The van der Waals surface area contributed by atoms with E-state index in [9.17, 15) is 0 Å². The normalized spacial score (nSPS) is 23.1. The Kier molecular flexibility index (Phi) is 5.06. The molecule has 0 aromatic heterocycles. The predicted octanol–water partition coefficient (Wildman–Crippen LogP) is 3.06. The molecule has 3 unspecified atom stereocenters. The van der Waals surface area contributed by atoms with E-state index in [0.717, 1.165) is 24.1 Å². The van der Waals surface area contributed by atoms with Gasteiger partial charge in [0.25, 0.3) is 0 Å². The molecule has 0 heterocycles. The fourth-order valence-electron chi connectivity index (χ4n) is 2.76. The first-order chi connectivity index (χ1) is 9.51. The third kappa shape index (κ3) is 3.97. The summed E-state index contributed by atoms with van der Waals surface area (Å²) in [5.41, 5.74) is 7.26. The number of hydrogen-bond acceptors (Lipinski definition) is 3. The molecular weight excluding hydrogens is 248 g/mol. The summed E-state index contributed by atoms with van der Waals surface area (Å²) in [4.78, 5) is 2.40. The van der Waals surface area contributed by atoms with Crippen molar-refractivity contribution >= 4 is 0 Å². The number of nitrogens with two attached hydrogens (primary N) is 1. The number of nitrogens with zero attached hydrogens (tertiary/aromatic N) is 1. The molecule has 0 aliphatic heterocycles. The predicted molar refractivity (Wildman–Crippen MR) is 83.9 cm³/mol. The molecule has 3 nitrogen and oxygen atoms in total. The Balaban J connectivity index is 1.99. The lowest BCUT2D eigenvalue weighted by atomic mass is 10.1. The van der Waals surface area contributed by atoms with Crippen LogP contribution in [0.25, 0.3) is 0 Å². The Bertz CT molecular complexity index is 416. The zero-order valence-corrected chi connectivity index (χ0v) is 13.2. The van der Waals surface area contributed by atoms with Crippen LogP contribution in [-0.4, -0.2) is 31.1 Å². The minimum atomic E-state index is 0.213. The molecule has 0 bridgehead atoms. The molecular formula is C17H28N2O. The Morgan fingerprint density at radius 3 is 2.35 bits per heavy atom. The lowest BCUT2D eigenvalue weighted by Gasteiger charge is -2.27. The smallest absolute Gasteiger partial charge is 0.119 e. The van der Waals surface area contributed by atoms with Crippen molar-refractivity contribution in [3.63, 3.8) is 0 Å². The summed E-state index contributed by atoms with van der Waals surface area (Å²) in [7, 11) is 2.18. The average molecular weight is 276 g/mol. The first kappa shape index (κ1) is 15.3. The average Bonchev–Trinajstić information content (AvgIpc) is 3.07. The summed E-state index contributed by atoms with van der Waals surface area (Å²) >= 11 is 0. The number of ether oxygens (including phenoxy) is 1. The molecule has 2 rings (SSSR count). The molecule has 1 aromatic carbocycles. The molecule has 3 atom stereocenters. The minimum absolute atomic E-state index is 0.213. The molecule has 0 radical (unpaired) electrons. The van der Waals surface area contributed by atoms with Gasteiger partial charge in [-0.3, -0.25) is 4.90 Å². The molecule has 2 N–H and O–H groups in total. The second-order valence-electron chi connectivity index (χ2n) is 6.40. The van der Waals surface area contributed by atoms with Gasteiger partial charge in [-0.25, -0.2) is 0 Å². The first-order valence-corrected chi connectivity index (χ1v) is 7.68. The second-order valence-corrected chi connectivity index (χ2v) is 6.40. The summed E-state index contributed by atoms with van der Waals surface area (Å²) in [6.07, 6.45) is 1.58. The van der Waals surface area contributed by atoms with E-state index < -0.39 is 0 Å². The molecule has 0 spiro atoms. The fourth-order valence-corrected chi connectivity index (χ4v) is 2.76. The van der Waals surface area contributed by atoms with Gasteiger partial charge in [-0.1, -0.05) is 19.1 Å². The van der Waals surface area contributed by atoms with E-state index in [1.54, 1.807) is 0 Å². The zero-order valence-electron chi connectivity index (χ0n) is 13.2. The topological polar surface area (TPSA) is 38.5 Å². The van der Waals surface area contributed by atoms with E-state index in [1.807, 2.05) is 26.0 Å². The molecule has 1 aromatic rings. The van der Waals surface area contributed by atoms with Crippen LogP contribution >= 0.6 is 0 Å². The van der Waals surface area contributed by atoms with Crippen LogP contribution in [0.4, 0.5) is 0 Å². The van der Waals surface area contributed by atoms with Gasteiger partial charge in [0.15, 0.2) is 0 Å². The van der Waals surface area contributed by atoms with Crippen LogP contribution in [-0.2, 0) is 0 Å². The third-order valence-corrected chi connectivity index (χ3v) is 4.19. The maximum atomic E-state index is 5.98. The van der Waals surface area contributed by atoms with Gasteiger partial charge in [-0.05, 0) is 56.8 Å². The lowest BCUT2D eigenvalue weighted by molar-refractivity contribution is 0.234. The van der Waals surface area contributed by atoms with Crippen LogP contribution in [0, 0.1) is 11.8 Å². The van der Waals surface area contributed by atoms with Crippen LogP contribution in [0.15, 0.2) is 24.3 Å². The fraction of sp³-hybridized carbons (Fsp3) is 0.647. The zero-order chi connectivity index (χ0) is 14.7. The van der Waals surface area contributed by atoms with Crippen molar-refractivity contribution in [2.75, 3.05) is 20.1 Å². The van der Waals surface area contributed by atoms with Crippen LogP contribution in [0.5, 0.6) is 5.75 Å². The number of likely N-dealkylation sites (N-methyl/N-ethyl adjacent to an activating group) is 1. The Labute approximate surface area is 123 Å². The summed E-state index contributed by atoms with van der Waals surface area (Å²) in [5, 5.41) is 0. The molecule has 1 aliphatic carbocycles. The van der Waals surface area contributed by atoms with E-state index >= 15 is 0 Å². The molecule has 0 amide bonds. The van der Waals surface area contributed by atoms with Crippen LogP contribution in [0.1, 0.15) is 38.8 Å². The van der Waals surface area contributed by atoms with Crippen molar-refractivity contribution in [2.24, 2.45) is 17.6 Å². The SMILES string of the molecule is CC(C)Oc1ccc(C(CN)N(C)CC2CC2C)cc1. The van der Waals surface area contributed by atoms with Crippen molar-refractivity contribution in [2.45, 2.75) is 39.3 Å². The number of benzene rings is 1. The highest BCUT2D eigenvalue weighted by atomic mass is 16.5. The van der Waals surface area contributed by atoms with E-state index in [4.69, 9.17) is 10.5 Å². The number of rotatable bonds is 7. The van der Waals surface area contributed by atoms with E-state index in [1.165, 1.54) is 12.0 Å². The second kappa shape index (κ2) is 6.59. The summed E-state index contributed by atoms with van der Waals surface area (Å²) in [5.74, 6) is 2.67. The lowest BCUT2D eigenvalue weighted by Crippen LogP contribution is -2.32.